The Morgan fingerprint density at radius 1 is 1.29 bits per heavy atom. The Kier molecular flexibility index (Phi) is 3.26. The molecule has 0 bridgehead atoms. The fourth-order valence-corrected chi connectivity index (χ4v) is 2.07. The van der Waals surface area contributed by atoms with Crippen LogP contribution in [0.4, 0.5) is 8.78 Å². The van der Waals surface area contributed by atoms with Gasteiger partial charge in [0.05, 0.1) is 16.1 Å². The molecule has 0 radical (unpaired) electrons. The van der Waals surface area contributed by atoms with Gasteiger partial charge >= 0.3 is 0 Å². The molecule has 1 heterocycles. The van der Waals surface area contributed by atoms with Crippen molar-refractivity contribution in [2.24, 2.45) is 5.73 Å². The molecule has 2 aromatic rings. The predicted molar refractivity (Wildman–Crippen MR) is 64.3 cm³/mol. The van der Waals surface area contributed by atoms with E-state index in [4.69, 9.17) is 17.3 Å². The monoisotopic (exact) mass is 256 g/mol. The average molecular weight is 257 g/mol. The zero-order valence-electron chi connectivity index (χ0n) is 8.96. The van der Waals surface area contributed by atoms with Crippen LogP contribution in [0.25, 0.3) is 10.9 Å². The molecule has 0 saturated heterocycles. The number of fused-ring (bicyclic) bond motifs is 1. The summed E-state index contributed by atoms with van der Waals surface area (Å²) in [6.45, 7) is -0.105. The second-order valence-corrected chi connectivity index (χ2v) is 4.15. The Bertz CT molecular complexity index is 543. The van der Waals surface area contributed by atoms with Crippen molar-refractivity contribution in [2.45, 2.75) is 12.3 Å². The van der Waals surface area contributed by atoms with Crippen LogP contribution in [0.2, 0.25) is 5.02 Å². The Morgan fingerprint density at radius 2 is 2.06 bits per heavy atom. The first-order chi connectivity index (χ1) is 8.06. The molecule has 2 nitrogen and oxygen atoms in total. The minimum absolute atomic E-state index is 0.0228. The van der Waals surface area contributed by atoms with Gasteiger partial charge in [-0.1, -0.05) is 23.7 Å². The molecule has 5 heteroatoms. The van der Waals surface area contributed by atoms with E-state index in [1.54, 1.807) is 18.2 Å². The van der Waals surface area contributed by atoms with Gasteiger partial charge in [-0.2, -0.15) is 0 Å². The Hall–Kier alpha value is -1.26. The lowest BCUT2D eigenvalue weighted by Gasteiger charge is -2.18. The summed E-state index contributed by atoms with van der Waals surface area (Å²) < 4.78 is 27.9. The van der Waals surface area contributed by atoms with Crippen LogP contribution in [0.1, 0.15) is 12.0 Å². The summed E-state index contributed by atoms with van der Waals surface area (Å²) in [5.41, 5.74) is 5.20. The van der Waals surface area contributed by atoms with E-state index in [1.165, 1.54) is 12.3 Å². The molecule has 0 atom stereocenters. The Balaban J connectivity index is 2.70. The van der Waals surface area contributed by atoms with E-state index in [2.05, 4.69) is 4.98 Å². The highest BCUT2D eigenvalue weighted by atomic mass is 35.5. The summed E-state index contributed by atoms with van der Waals surface area (Å²) in [5.74, 6) is -3.06. The molecule has 0 amide bonds. The van der Waals surface area contributed by atoms with Crippen molar-refractivity contribution in [3.8, 4) is 0 Å². The van der Waals surface area contributed by atoms with E-state index in [1.807, 2.05) is 0 Å². The third-order valence-corrected chi connectivity index (χ3v) is 2.86. The van der Waals surface area contributed by atoms with Crippen LogP contribution in [0.5, 0.6) is 0 Å². The van der Waals surface area contributed by atoms with E-state index in [9.17, 15) is 8.78 Å². The standard InChI is InChI=1S/C12H11ClF2N2/c13-9-4-3-8-2-1-7-17-11(8)10(9)12(14,15)5-6-16/h1-4,7H,5-6,16H2. The van der Waals surface area contributed by atoms with Gasteiger partial charge in [-0.3, -0.25) is 4.98 Å². The first-order valence-corrected chi connectivity index (χ1v) is 5.55. The molecule has 2 N–H and O–H groups in total. The highest BCUT2D eigenvalue weighted by Gasteiger charge is 2.35. The van der Waals surface area contributed by atoms with Gasteiger partial charge in [-0.05, 0) is 18.7 Å². The highest BCUT2D eigenvalue weighted by Crippen LogP contribution is 2.39. The van der Waals surface area contributed by atoms with Gasteiger partial charge in [-0.25, -0.2) is 8.78 Å². The number of hydrogen-bond donors (Lipinski definition) is 1. The van der Waals surface area contributed by atoms with Gasteiger partial charge in [-0.15, -0.1) is 0 Å². The van der Waals surface area contributed by atoms with Crippen molar-refractivity contribution in [1.82, 2.24) is 4.98 Å². The molecule has 0 saturated carbocycles. The summed E-state index contributed by atoms with van der Waals surface area (Å²) in [7, 11) is 0. The van der Waals surface area contributed by atoms with Gasteiger partial charge in [0.25, 0.3) is 5.92 Å². The third kappa shape index (κ3) is 2.23. The molecule has 1 aromatic carbocycles. The van der Waals surface area contributed by atoms with Crippen LogP contribution < -0.4 is 5.73 Å². The number of alkyl halides is 2. The lowest BCUT2D eigenvalue weighted by atomic mass is 10.0. The van der Waals surface area contributed by atoms with E-state index in [0.29, 0.717) is 5.39 Å². The second-order valence-electron chi connectivity index (χ2n) is 3.74. The lowest BCUT2D eigenvalue weighted by Crippen LogP contribution is -2.19. The molecule has 0 unspecified atom stereocenters. The SMILES string of the molecule is NCCC(F)(F)c1c(Cl)ccc2cccnc12. The summed E-state index contributed by atoms with van der Waals surface area (Å²) in [4.78, 5) is 3.99. The van der Waals surface area contributed by atoms with Crippen LogP contribution in [0, 0.1) is 0 Å². The molecule has 2 rings (SSSR count). The molecule has 0 aliphatic heterocycles. The van der Waals surface area contributed by atoms with Crippen LogP contribution >= 0.6 is 11.6 Å². The predicted octanol–water partition coefficient (Wildman–Crippen LogP) is 3.33. The largest absolute Gasteiger partial charge is 0.330 e. The normalized spacial score (nSPS) is 12.0. The number of rotatable bonds is 3. The maximum atomic E-state index is 13.9. The van der Waals surface area contributed by atoms with E-state index >= 15 is 0 Å². The number of aromatic nitrogens is 1. The highest BCUT2D eigenvalue weighted by molar-refractivity contribution is 6.32. The van der Waals surface area contributed by atoms with Crippen molar-refractivity contribution < 1.29 is 8.78 Å². The van der Waals surface area contributed by atoms with Crippen molar-refractivity contribution in [2.75, 3.05) is 6.54 Å². The average Bonchev–Trinajstić information content (AvgIpc) is 2.28. The minimum Gasteiger partial charge on any atom is -0.330 e. The lowest BCUT2D eigenvalue weighted by molar-refractivity contribution is -0.00919. The fourth-order valence-electron chi connectivity index (χ4n) is 1.77. The molecular weight excluding hydrogens is 246 g/mol. The van der Waals surface area contributed by atoms with Gasteiger partial charge in [0.1, 0.15) is 0 Å². The van der Waals surface area contributed by atoms with E-state index < -0.39 is 12.3 Å². The van der Waals surface area contributed by atoms with E-state index in [0.717, 1.165) is 0 Å². The zero-order chi connectivity index (χ0) is 12.5. The zero-order valence-corrected chi connectivity index (χ0v) is 9.72. The molecular formula is C12H11ClF2N2. The third-order valence-electron chi connectivity index (χ3n) is 2.55. The number of nitrogens with zero attached hydrogens (tertiary/aromatic N) is 1. The van der Waals surface area contributed by atoms with Crippen molar-refractivity contribution in [1.29, 1.82) is 0 Å². The number of pyridine rings is 1. The van der Waals surface area contributed by atoms with Crippen molar-refractivity contribution >= 4 is 22.5 Å². The van der Waals surface area contributed by atoms with Gasteiger partial charge < -0.3 is 5.73 Å². The minimum atomic E-state index is -3.06. The topological polar surface area (TPSA) is 38.9 Å². The van der Waals surface area contributed by atoms with Gasteiger partial charge in [0.15, 0.2) is 0 Å². The first-order valence-electron chi connectivity index (χ1n) is 5.18. The van der Waals surface area contributed by atoms with Gasteiger partial charge in [0.2, 0.25) is 0 Å². The maximum absolute atomic E-state index is 13.9. The number of halogens is 3. The Morgan fingerprint density at radius 3 is 2.76 bits per heavy atom. The quantitative estimate of drug-likeness (QED) is 0.915. The van der Waals surface area contributed by atoms with Crippen LogP contribution in [-0.2, 0) is 5.92 Å². The van der Waals surface area contributed by atoms with Crippen LogP contribution in [-0.4, -0.2) is 11.5 Å². The molecule has 0 fully saturated rings. The molecule has 1 aromatic heterocycles. The van der Waals surface area contributed by atoms with Crippen molar-refractivity contribution in [3.05, 3.63) is 41.0 Å². The maximum Gasteiger partial charge on any atom is 0.278 e. The number of hydrogen-bond acceptors (Lipinski definition) is 2. The summed E-state index contributed by atoms with van der Waals surface area (Å²) in [6, 6.07) is 6.56. The molecule has 0 spiro atoms. The van der Waals surface area contributed by atoms with Crippen molar-refractivity contribution in [3.63, 3.8) is 0 Å². The molecule has 17 heavy (non-hydrogen) atoms. The summed E-state index contributed by atoms with van der Waals surface area (Å²) >= 11 is 5.86. The van der Waals surface area contributed by atoms with Crippen LogP contribution in [0.3, 0.4) is 0 Å². The molecule has 90 valence electrons. The van der Waals surface area contributed by atoms with E-state index in [-0.39, 0.29) is 22.6 Å². The summed E-state index contributed by atoms with van der Waals surface area (Å²) in [6.07, 6.45) is 1.03. The number of benzene rings is 1. The molecule has 0 aliphatic carbocycles. The fraction of sp³-hybridized carbons (Fsp3) is 0.250. The second kappa shape index (κ2) is 4.55. The number of nitrogens with two attached hydrogens (primary N) is 1. The smallest absolute Gasteiger partial charge is 0.278 e. The molecule has 0 aliphatic rings. The summed E-state index contributed by atoms with van der Waals surface area (Å²) in [5, 5.41) is 0.665. The van der Waals surface area contributed by atoms with Crippen LogP contribution in [0.15, 0.2) is 30.5 Å². The first kappa shape index (κ1) is 12.2. The van der Waals surface area contributed by atoms with Gasteiger partial charge in [0, 0.05) is 18.0 Å². The Labute approximate surface area is 102 Å².